The number of benzene rings is 2. The Morgan fingerprint density at radius 2 is 1.36 bits per heavy atom. The second kappa shape index (κ2) is 13.1. The molecule has 2 aromatic carbocycles. The molecule has 122 valence electrons. The molecule has 0 saturated carbocycles. The van der Waals surface area contributed by atoms with E-state index in [1.165, 1.54) is 29.7 Å². The first kappa shape index (κ1) is 20.4. The molecule has 0 aliphatic rings. The first-order valence-electron chi connectivity index (χ1n) is 8.40. The fourth-order valence-electron chi connectivity index (χ4n) is 2.03. The SMILES string of the molecule is CC.CC(C)Cc1ccccc1.CCCc1ccc(F)cc1. The van der Waals surface area contributed by atoms with Gasteiger partial charge in [-0.1, -0.05) is 83.5 Å². The van der Waals surface area contributed by atoms with E-state index in [2.05, 4.69) is 51.1 Å². The molecular weight excluding hydrogens is 271 g/mol. The lowest BCUT2D eigenvalue weighted by Gasteiger charge is -2.02. The summed E-state index contributed by atoms with van der Waals surface area (Å²) in [5, 5.41) is 0. The Morgan fingerprint density at radius 1 is 0.818 bits per heavy atom. The molecule has 0 aliphatic heterocycles. The maximum atomic E-state index is 12.3. The van der Waals surface area contributed by atoms with E-state index in [1.54, 1.807) is 0 Å². The fourth-order valence-corrected chi connectivity index (χ4v) is 2.03. The largest absolute Gasteiger partial charge is 0.207 e. The molecule has 2 aromatic rings. The Labute approximate surface area is 136 Å². The molecule has 0 nitrogen and oxygen atoms in total. The van der Waals surface area contributed by atoms with Crippen molar-refractivity contribution in [1.29, 1.82) is 0 Å². The van der Waals surface area contributed by atoms with Crippen molar-refractivity contribution < 1.29 is 4.39 Å². The van der Waals surface area contributed by atoms with Gasteiger partial charge in [0.1, 0.15) is 5.82 Å². The van der Waals surface area contributed by atoms with Gasteiger partial charge in [0.05, 0.1) is 0 Å². The standard InChI is InChI=1S/C10H14.C9H11F.C2H6/c1-9(2)8-10-6-4-3-5-7-10;1-2-3-8-4-6-9(10)7-5-8;1-2/h3-7,9H,8H2,1-2H3;4-7H,2-3H2,1H3;1-2H3. The van der Waals surface area contributed by atoms with Crippen LogP contribution in [-0.2, 0) is 12.8 Å². The molecule has 0 atom stereocenters. The zero-order chi connectivity index (χ0) is 16.8. The van der Waals surface area contributed by atoms with Gasteiger partial charge in [-0.15, -0.1) is 0 Å². The summed E-state index contributed by atoms with van der Waals surface area (Å²) in [7, 11) is 0. The first-order valence-corrected chi connectivity index (χ1v) is 8.40. The van der Waals surface area contributed by atoms with Gasteiger partial charge in [0.15, 0.2) is 0 Å². The molecule has 0 radical (unpaired) electrons. The summed E-state index contributed by atoms with van der Waals surface area (Å²) < 4.78 is 12.3. The van der Waals surface area contributed by atoms with E-state index >= 15 is 0 Å². The van der Waals surface area contributed by atoms with Crippen molar-refractivity contribution in [3.05, 3.63) is 71.5 Å². The Hall–Kier alpha value is -1.63. The third-order valence-electron chi connectivity index (χ3n) is 2.94. The third kappa shape index (κ3) is 10.1. The van der Waals surface area contributed by atoms with E-state index in [0.29, 0.717) is 0 Å². The average molecular weight is 302 g/mol. The van der Waals surface area contributed by atoms with Crippen LogP contribution in [0.25, 0.3) is 0 Å². The normalized spacial score (nSPS) is 9.41. The van der Waals surface area contributed by atoms with Crippen LogP contribution in [0.2, 0.25) is 0 Å². The quantitative estimate of drug-likeness (QED) is 0.590. The van der Waals surface area contributed by atoms with Crippen LogP contribution in [0.5, 0.6) is 0 Å². The van der Waals surface area contributed by atoms with Crippen LogP contribution < -0.4 is 0 Å². The van der Waals surface area contributed by atoms with Crippen LogP contribution in [0.4, 0.5) is 4.39 Å². The molecule has 1 heteroatoms. The summed E-state index contributed by atoms with van der Waals surface area (Å²) in [5.74, 6) is 0.613. The molecule has 2 rings (SSSR count). The molecule has 0 saturated heterocycles. The smallest absolute Gasteiger partial charge is 0.123 e. The number of hydrogen-bond acceptors (Lipinski definition) is 0. The number of halogens is 1. The molecule has 0 heterocycles. The van der Waals surface area contributed by atoms with Gasteiger partial charge in [0, 0.05) is 0 Å². The van der Waals surface area contributed by atoms with Gasteiger partial charge in [-0.05, 0) is 42.0 Å². The Balaban J connectivity index is 0.000000360. The van der Waals surface area contributed by atoms with E-state index in [1.807, 2.05) is 26.0 Å². The second-order valence-electron chi connectivity index (χ2n) is 5.46. The molecule has 0 bridgehead atoms. The van der Waals surface area contributed by atoms with Gasteiger partial charge in [0.25, 0.3) is 0 Å². The van der Waals surface area contributed by atoms with Gasteiger partial charge in [-0.3, -0.25) is 0 Å². The van der Waals surface area contributed by atoms with E-state index < -0.39 is 0 Å². The Bertz CT molecular complexity index is 457. The lowest BCUT2D eigenvalue weighted by molar-refractivity contribution is 0.627. The van der Waals surface area contributed by atoms with Crippen LogP contribution in [0.15, 0.2) is 54.6 Å². The molecule has 0 amide bonds. The van der Waals surface area contributed by atoms with Crippen LogP contribution in [0.1, 0.15) is 52.2 Å². The van der Waals surface area contributed by atoms with Crippen LogP contribution >= 0.6 is 0 Å². The first-order chi connectivity index (χ1) is 10.6. The van der Waals surface area contributed by atoms with Crippen molar-refractivity contribution in [3.8, 4) is 0 Å². The van der Waals surface area contributed by atoms with Crippen molar-refractivity contribution in [3.63, 3.8) is 0 Å². The van der Waals surface area contributed by atoms with Gasteiger partial charge in [-0.25, -0.2) is 4.39 Å². The van der Waals surface area contributed by atoms with Crippen molar-refractivity contribution in [2.45, 2.75) is 53.9 Å². The van der Waals surface area contributed by atoms with Crippen molar-refractivity contribution in [1.82, 2.24) is 0 Å². The lowest BCUT2D eigenvalue weighted by atomic mass is 10.0. The highest BCUT2D eigenvalue weighted by molar-refractivity contribution is 5.16. The predicted molar refractivity (Wildman–Crippen MR) is 96.7 cm³/mol. The van der Waals surface area contributed by atoms with Gasteiger partial charge < -0.3 is 0 Å². The van der Waals surface area contributed by atoms with Crippen molar-refractivity contribution in [2.75, 3.05) is 0 Å². The highest BCUT2D eigenvalue weighted by atomic mass is 19.1. The minimum absolute atomic E-state index is 0.153. The summed E-state index contributed by atoms with van der Waals surface area (Å²) >= 11 is 0. The summed E-state index contributed by atoms with van der Waals surface area (Å²) in [6.45, 7) is 10.6. The monoisotopic (exact) mass is 302 g/mol. The zero-order valence-corrected chi connectivity index (χ0v) is 14.8. The molecule has 0 N–H and O–H groups in total. The highest BCUT2D eigenvalue weighted by Crippen LogP contribution is 2.06. The number of aryl methyl sites for hydroxylation is 1. The predicted octanol–water partition coefficient (Wildman–Crippen LogP) is 6.69. The van der Waals surface area contributed by atoms with Gasteiger partial charge in [0.2, 0.25) is 0 Å². The highest BCUT2D eigenvalue weighted by Gasteiger charge is 1.94. The van der Waals surface area contributed by atoms with Crippen LogP contribution in [-0.4, -0.2) is 0 Å². The summed E-state index contributed by atoms with van der Waals surface area (Å²) in [4.78, 5) is 0. The van der Waals surface area contributed by atoms with E-state index in [9.17, 15) is 4.39 Å². The maximum absolute atomic E-state index is 12.3. The average Bonchev–Trinajstić information content (AvgIpc) is 2.53. The summed E-state index contributed by atoms with van der Waals surface area (Å²) in [5.41, 5.74) is 2.65. The van der Waals surface area contributed by atoms with Crippen LogP contribution in [0, 0.1) is 11.7 Å². The lowest BCUT2D eigenvalue weighted by Crippen LogP contribution is -1.92. The molecular formula is C21H31F. The Kier molecular flexibility index (Phi) is 12.1. The van der Waals surface area contributed by atoms with Gasteiger partial charge in [-0.2, -0.15) is 0 Å². The minimum atomic E-state index is -0.153. The fraction of sp³-hybridized carbons (Fsp3) is 0.429. The van der Waals surface area contributed by atoms with Crippen molar-refractivity contribution in [2.24, 2.45) is 5.92 Å². The van der Waals surface area contributed by atoms with E-state index in [0.717, 1.165) is 18.8 Å². The summed E-state index contributed by atoms with van der Waals surface area (Å²) in [6, 6.07) is 17.3. The molecule has 0 aromatic heterocycles. The van der Waals surface area contributed by atoms with Crippen molar-refractivity contribution >= 4 is 0 Å². The third-order valence-corrected chi connectivity index (χ3v) is 2.94. The van der Waals surface area contributed by atoms with E-state index in [4.69, 9.17) is 0 Å². The number of rotatable bonds is 4. The summed E-state index contributed by atoms with van der Waals surface area (Å²) in [6.07, 6.45) is 3.35. The molecule has 0 fully saturated rings. The molecule has 0 spiro atoms. The van der Waals surface area contributed by atoms with E-state index in [-0.39, 0.29) is 5.82 Å². The van der Waals surface area contributed by atoms with Crippen LogP contribution in [0.3, 0.4) is 0 Å². The van der Waals surface area contributed by atoms with Gasteiger partial charge >= 0.3 is 0 Å². The maximum Gasteiger partial charge on any atom is 0.123 e. The number of hydrogen-bond donors (Lipinski definition) is 0. The molecule has 0 unspecified atom stereocenters. The second-order valence-corrected chi connectivity index (χ2v) is 5.46. The topological polar surface area (TPSA) is 0 Å². The Morgan fingerprint density at radius 3 is 1.82 bits per heavy atom. The zero-order valence-electron chi connectivity index (χ0n) is 14.8. The minimum Gasteiger partial charge on any atom is -0.207 e. The molecule has 22 heavy (non-hydrogen) atoms. The molecule has 0 aliphatic carbocycles.